The van der Waals surface area contributed by atoms with Crippen molar-refractivity contribution in [3.8, 4) is 11.1 Å². The smallest absolute Gasteiger partial charge is 0.0659 e. The summed E-state index contributed by atoms with van der Waals surface area (Å²) in [6, 6.07) is 26.6. The second-order valence-electron chi connectivity index (χ2n) is 6.93. The van der Waals surface area contributed by atoms with Crippen molar-refractivity contribution in [3.05, 3.63) is 125 Å². The molecular formula is C26H20. The summed E-state index contributed by atoms with van der Waals surface area (Å²) in [7, 11) is 0. The molecule has 0 nitrogen and oxygen atoms in total. The molecular weight excluding hydrogens is 312 g/mol. The van der Waals surface area contributed by atoms with Crippen LogP contribution in [0.25, 0.3) is 16.7 Å². The van der Waals surface area contributed by atoms with Gasteiger partial charge in [0.15, 0.2) is 0 Å². The maximum atomic E-state index is 2.46. The van der Waals surface area contributed by atoms with Crippen molar-refractivity contribution in [1.29, 1.82) is 0 Å². The van der Waals surface area contributed by atoms with Crippen molar-refractivity contribution >= 4 is 5.57 Å². The molecule has 0 bridgehead atoms. The zero-order valence-corrected chi connectivity index (χ0v) is 14.8. The van der Waals surface area contributed by atoms with E-state index in [1.54, 1.807) is 0 Å². The van der Waals surface area contributed by atoms with Crippen molar-refractivity contribution in [2.24, 2.45) is 0 Å². The van der Waals surface area contributed by atoms with Crippen LogP contribution in [0.3, 0.4) is 0 Å². The Morgan fingerprint density at radius 1 is 0.615 bits per heavy atom. The van der Waals surface area contributed by atoms with E-state index in [9.17, 15) is 0 Å². The summed E-state index contributed by atoms with van der Waals surface area (Å²) in [4.78, 5) is 0. The van der Waals surface area contributed by atoms with Crippen LogP contribution >= 0.6 is 0 Å². The standard InChI is InChI=1S/C26H20/c1-2-3-4-11-19-18-26(23-15-8-5-12-20(19)23)24-16-9-6-13-21(24)22-14-7-10-17-25(22)26/h2-18H,1H3. The predicted octanol–water partition coefficient (Wildman–Crippen LogP) is 6.53. The first-order valence-corrected chi connectivity index (χ1v) is 9.18. The molecule has 26 heavy (non-hydrogen) atoms. The number of fused-ring (bicyclic) bond motifs is 7. The van der Waals surface area contributed by atoms with E-state index in [1.165, 1.54) is 39.0 Å². The molecule has 3 aromatic carbocycles. The third kappa shape index (κ3) is 1.90. The van der Waals surface area contributed by atoms with Crippen molar-refractivity contribution in [2.45, 2.75) is 12.3 Å². The Labute approximate surface area is 154 Å². The summed E-state index contributed by atoms with van der Waals surface area (Å²) in [6.07, 6.45) is 11.0. The van der Waals surface area contributed by atoms with E-state index < -0.39 is 0 Å². The van der Waals surface area contributed by atoms with E-state index in [4.69, 9.17) is 0 Å². The molecule has 5 rings (SSSR count). The maximum Gasteiger partial charge on any atom is 0.0659 e. The van der Waals surface area contributed by atoms with Crippen LogP contribution in [-0.2, 0) is 5.41 Å². The Bertz CT molecular complexity index is 1050. The Balaban J connectivity index is 1.86. The molecule has 2 aliphatic rings. The first-order chi connectivity index (χ1) is 12.9. The lowest BCUT2D eigenvalue weighted by Gasteiger charge is -2.27. The summed E-state index contributed by atoms with van der Waals surface area (Å²) in [5, 5.41) is 0. The molecule has 0 atom stereocenters. The van der Waals surface area contributed by atoms with Gasteiger partial charge in [-0.25, -0.2) is 0 Å². The molecule has 124 valence electrons. The van der Waals surface area contributed by atoms with Crippen LogP contribution in [0.5, 0.6) is 0 Å². The molecule has 0 heterocycles. The first kappa shape index (κ1) is 15.2. The lowest BCUT2D eigenvalue weighted by molar-refractivity contribution is 0.821. The van der Waals surface area contributed by atoms with Gasteiger partial charge in [-0.1, -0.05) is 103 Å². The second-order valence-corrected chi connectivity index (χ2v) is 6.93. The zero-order valence-electron chi connectivity index (χ0n) is 14.8. The zero-order chi connectivity index (χ0) is 17.6. The lowest BCUT2D eigenvalue weighted by atomic mass is 9.74. The van der Waals surface area contributed by atoms with Gasteiger partial charge in [0.05, 0.1) is 5.41 Å². The molecule has 0 fully saturated rings. The molecule has 0 saturated carbocycles. The van der Waals surface area contributed by atoms with E-state index in [1.807, 2.05) is 6.92 Å². The first-order valence-electron chi connectivity index (χ1n) is 9.18. The molecule has 0 aliphatic heterocycles. The Hall–Kier alpha value is -3.12. The number of benzene rings is 3. The predicted molar refractivity (Wildman–Crippen MR) is 110 cm³/mol. The Morgan fingerprint density at radius 3 is 1.69 bits per heavy atom. The average Bonchev–Trinajstić information content (AvgIpc) is 3.18. The molecule has 0 unspecified atom stereocenters. The molecule has 2 aliphatic carbocycles. The second kappa shape index (κ2) is 5.71. The van der Waals surface area contributed by atoms with Crippen LogP contribution in [-0.4, -0.2) is 0 Å². The van der Waals surface area contributed by atoms with E-state index >= 15 is 0 Å². The molecule has 0 N–H and O–H groups in total. The van der Waals surface area contributed by atoms with Crippen LogP contribution in [0.15, 0.2) is 103 Å². The average molecular weight is 332 g/mol. The number of hydrogen-bond donors (Lipinski definition) is 0. The van der Waals surface area contributed by atoms with Crippen LogP contribution in [0.1, 0.15) is 29.2 Å². The summed E-state index contributed by atoms with van der Waals surface area (Å²) >= 11 is 0. The van der Waals surface area contributed by atoms with Crippen molar-refractivity contribution in [1.82, 2.24) is 0 Å². The molecule has 0 radical (unpaired) electrons. The minimum absolute atomic E-state index is 0.181. The highest BCUT2D eigenvalue weighted by Crippen LogP contribution is 2.58. The van der Waals surface area contributed by atoms with Crippen molar-refractivity contribution < 1.29 is 0 Å². The van der Waals surface area contributed by atoms with Gasteiger partial charge in [-0.3, -0.25) is 0 Å². The summed E-state index contributed by atoms with van der Waals surface area (Å²) in [5.41, 5.74) is 9.33. The van der Waals surface area contributed by atoms with Gasteiger partial charge < -0.3 is 0 Å². The van der Waals surface area contributed by atoms with E-state index in [-0.39, 0.29) is 5.41 Å². The fraction of sp³-hybridized carbons (Fsp3) is 0.0769. The summed E-state index contributed by atoms with van der Waals surface area (Å²) in [5.74, 6) is 0. The van der Waals surface area contributed by atoms with Crippen molar-refractivity contribution in [2.75, 3.05) is 0 Å². The van der Waals surface area contributed by atoms with E-state index in [0.717, 1.165) is 0 Å². The maximum absolute atomic E-state index is 2.46. The Morgan fingerprint density at radius 2 is 1.12 bits per heavy atom. The molecule has 3 aromatic rings. The fourth-order valence-electron chi connectivity index (χ4n) is 4.59. The highest BCUT2D eigenvalue weighted by molar-refractivity contribution is 5.93. The quantitative estimate of drug-likeness (QED) is 0.468. The highest BCUT2D eigenvalue weighted by atomic mass is 14.5. The van der Waals surface area contributed by atoms with E-state index in [2.05, 4.69) is 103 Å². The molecule has 0 aromatic heterocycles. The Kier molecular flexibility index (Phi) is 3.33. The third-order valence-corrected chi connectivity index (χ3v) is 5.61. The van der Waals surface area contributed by atoms with Gasteiger partial charge in [0.2, 0.25) is 0 Å². The number of allylic oxidation sites excluding steroid dienone is 6. The minimum Gasteiger partial charge on any atom is -0.0877 e. The highest BCUT2D eigenvalue weighted by Gasteiger charge is 2.46. The monoisotopic (exact) mass is 332 g/mol. The van der Waals surface area contributed by atoms with Gasteiger partial charge >= 0.3 is 0 Å². The van der Waals surface area contributed by atoms with Crippen LogP contribution in [0, 0.1) is 0 Å². The number of rotatable bonds is 2. The van der Waals surface area contributed by atoms with Gasteiger partial charge in [0.1, 0.15) is 0 Å². The normalized spacial score (nSPS) is 16.1. The van der Waals surface area contributed by atoms with Crippen LogP contribution in [0.4, 0.5) is 0 Å². The van der Waals surface area contributed by atoms with Crippen molar-refractivity contribution in [3.63, 3.8) is 0 Å². The topological polar surface area (TPSA) is 0 Å². The van der Waals surface area contributed by atoms with Gasteiger partial charge in [-0.2, -0.15) is 0 Å². The van der Waals surface area contributed by atoms with E-state index in [0.29, 0.717) is 0 Å². The third-order valence-electron chi connectivity index (χ3n) is 5.61. The van der Waals surface area contributed by atoms with Gasteiger partial charge in [-0.05, 0) is 45.9 Å². The van der Waals surface area contributed by atoms with Gasteiger partial charge in [0.25, 0.3) is 0 Å². The molecule has 0 saturated heterocycles. The summed E-state index contributed by atoms with van der Waals surface area (Å²) < 4.78 is 0. The molecule has 1 spiro atoms. The van der Waals surface area contributed by atoms with Crippen LogP contribution in [0.2, 0.25) is 0 Å². The largest absolute Gasteiger partial charge is 0.0877 e. The van der Waals surface area contributed by atoms with Gasteiger partial charge in [-0.15, -0.1) is 0 Å². The fourth-order valence-corrected chi connectivity index (χ4v) is 4.59. The molecule has 0 heteroatoms. The lowest BCUT2D eigenvalue weighted by Crippen LogP contribution is -2.22. The molecule has 0 amide bonds. The van der Waals surface area contributed by atoms with Gasteiger partial charge in [0, 0.05) is 0 Å². The van der Waals surface area contributed by atoms with Crippen LogP contribution < -0.4 is 0 Å². The summed E-state index contributed by atoms with van der Waals surface area (Å²) in [6.45, 7) is 2.05. The number of hydrogen-bond acceptors (Lipinski definition) is 0. The SMILES string of the molecule is CC=CC=CC1=CC2(c3ccccc31)c1ccccc1-c1ccccc12. The minimum atomic E-state index is -0.181.